The normalized spacial score (nSPS) is 11.1. The zero-order chi connectivity index (χ0) is 11.1. The number of amides is 1. The van der Waals surface area contributed by atoms with E-state index >= 15 is 0 Å². The molecule has 3 N–H and O–H groups in total. The summed E-state index contributed by atoms with van der Waals surface area (Å²) < 4.78 is 4.99. The molecular formula is C11H17ClN2O2. The minimum absolute atomic E-state index is 0. The molecule has 0 saturated carbocycles. The van der Waals surface area contributed by atoms with E-state index in [0.29, 0.717) is 6.54 Å². The summed E-state index contributed by atoms with van der Waals surface area (Å²) in [4.78, 5) is 11.2. The van der Waals surface area contributed by atoms with Gasteiger partial charge in [-0.05, 0) is 12.5 Å². The maximum absolute atomic E-state index is 11.2. The van der Waals surface area contributed by atoms with Crippen LogP contribution in [0.15, 0.2) is 30.3 Å². The lowest BCUT2D eigenvalue weighted by atomic mass is 10.2. The van der Waals surface area contributed by atoms with Crippen molar-refractivity contribution in [3.8, 4) is 0 Å². The molecular weight excluding hydrogens is 228 g/mol. The van der Waals surface area contributed by atoms with Gasteiger partial charge in [-0.3, -0.25) is 0 Å². The van der Waals surface area contributed by atoms with Crippen molar-refractivity contribution in [2.75, 3.05) is 6.54 Å². The average Bonchev–Trinajstić information content (AvgIpc) is 2.27. The molecule has 0 spiro atoms. The predicted molar refractivity (Wildman–Crippen MR) is 65.5 cm³/mol. The number of nitrogens with two attached hydrogens (primary N) is 1. The minimum Gasteiger partial charge on any atom is -0.445 e. The summed E-state index contributed by atoms with van der Waals surface area (Å²) in [6.45, 7) is 2.51. The number of halogens is 1. The van der Waals surface area contributed by atoms with Gasteiger partial charge in [0.05, 0.1) is 0 Å². The van der Waals surface area contributed by atoms with Crippen molar-refractivity contribution in [3.63, 3.8) is 0 Å². The Hall–Kier alpha value is -1.26. The molecule has 0 aliphatic heterocycles. The van der Waals surface area contributed by atoms with Crippen LogP contribution in [-0.2, 0) is 11.3 Å². The molecule has 16 heavy (non-hydrogen) atoms. The zero-order valence-electron chi connectivity index (χ0n) is 9.18. The predicted octanol–water partition coefficient (Wildman–Crippen LogP) is 1.68. The highest BCUT2D eigenvalue weighted by atomic mass is 35.5. The molecule has 1 atom stereocenters. The molecule has 1 aromatic carbocycles. The lowest BCUT2D eigenvalue weighted by Gasteiger charge is -2.11. The molecule has 5 heteroatoms. The largest absolute Gasteiger partial charge is 0.445 e. The van der Waals surface area contributed by atoms with Crippen molar-refractivity contribution in [1.29, 1.82) is 0 Å². The maximum Gasteiger partial charge on any atom is 0.407 e. The summed E-state index contributed by atoms with van der Waals surface area (Å²) in [6.07, 6.45) is -0.434. The van der Waals surface area contributed by atoms with Gasteiger partial charge in [-0.2, -0.15) is 0 Å². The lowest BCUT2D eigenvalue weighted by molar-refractivity contribution is 0.136. The van der Waals surface area contributed by atoms with Gasteiger partial charge in [-0.25, -0.2) is 4.79 Å². The third-order valence-corrected chi connectivity index (χ3v) is 1.93. The molecule has 0 unspecified atom stereocenters. The van der Waals surface area contributed by atoms with Crippen LogP contribution >= 0.6 is 12.4 Å². The molecule has 1 rings (SSSR count). The first-order chi connectivity index (χ1) is 7.22. The summed E-state index contributed by atoms with van der Waals surface area (Å²) >= 11 is 0. The second-order valence-electron chi connectivity index (χ2n) is 3.34. The highest BCUT2D eigenvalue weighted by Crippen LogP contribution is 2.00. The van der Waals surface area contributed by atoms with E-state index in [1.165, 1.54) is 0 Å². The Bertz CT molecular complexity index is 306. The van der Waals surface area contributed by atoms with Gasteiger partial charge >= 0.3 is 6.09 Å². The molecule has 0 heterocycles. The van der Waals surface area contributed by atoms with E-state index < -0.39 is 6.09 Å². The van der Waals surface area contributed by atoms with Gasteiger partial charge in [0, 0.05) is 12.6 Å². The molecule has 0 aliphatic carbocycles. The Morgan fingerprint density at radius 1 is 1.44 bits per heavy atom. The van der Waals surface area contributed by atoms with Crippen LogP contribution in [0.5, 0.6) is 0 Å². The third-order valence-electron chi connectivity index (χ3n) is 1.93. The minimum atomic E-state index is -0.434. The van der Waals surface area contributed by atoms with Crippen molar-refractivity contribution in [2.24, 2.45) is 5.73 Å². The third kappa shape index (κ3) is 5.58. The number of rotatable bonds is 4. The van der Waals surface area contributed by atoms with Crippen LogP contribution in [-0.4, -0.2) is 18.7 Å². The van der Waals surface area contributed by atoms with Crippen LogP contribution in [0.25, 0.3) is 0 Å². The summed E-state index contributed by atoms with van der Waals surface area (Å²) in [5.74, 6) is 0. The molecule has 0 bridgehead atoms. The van der Waals surface area contributed by atoms with Gasteiger partial charge in [0.25, 0.3) is 0 Å². The molecule has 0 radical (unpaired) electrons. The van der Waals surface area contributed by atoms with Crippen LogP contribution in [0.3, 0.4) is 0 Å². The number of ether oxygens (including phenoxy) is 1. The number of hydrogen-bond acceptors (Lipinski definition) is 3. The van der Waals surface area contributed by atoms with Crippen LogP contribution in [0.4, 0.5) is 4.79 Å². The summed E-state index contributed by atoms with van der Waals surface area (Å²) in [7, 11) is 0. The summed E-state index contributed by atoms with van der Waals surface area (Å²) in [6, 6.07) is 9.46. The molecule has 0 fully saturated rings. The molecule has 4 nitrogen and oxygen atoms in total. The summed E-state index contributed by atoms with van der Waals surface area (Å²) in [5, 5.41) is 2.61. The monoisotopic (exact) mass is 244 g/mol. The summed E-state index contributed by atoms with van der Waals surface area (Å²) in [5.41, 5.74) is 6.32. The molecule has 1 amide bonds. The van der Waals surface area contributed by atoms with Gasteiger partial charge < -0.3 is 15.8 Å². The molecule has 1 aromatic rings. The van der Waals surface area contributed by atoms with Crippen molar-refractivity contribution >= 4 is 18.5 Å². The molecule has 0 saturated heterocycles. The quantitative estimate of drug-likeness (QED) is 0.847. The smallest absolute Gasteiger partial charge is 0.407 e. The number of carbonyl (C=O) groups is 1. The Balaban J connectivity index is 0.00000225. The Kier molecular flexibility index (Phi) is 7.33. The average molecular weight is 245 g/mol. The zero-order valence-corrected chi connectivity index (χ0v) is 10.00. The number of nitrogens with one attached hydrogen (secondary N) is 1. The highest BCUT2D eigenvalue weighted by molar-refractivity contribution is 5.85. The first-order valence-corrected chi connectivity index (χ1v) is 4.89. The van der Waals surface area contributed by atoms with Gasteiger partial charge in [0.15, 0.2) is 0 Å². The van der Waals surface area contributed by atoms with E-state index in [4.69, 9.17) is 10.5 Å². The Morgan fingerprint density at radius 2 is 2.06 bits per heavy atom. The highest BCUT2D eigenvalue weighted by Gasteiger charge is 2.05. The SMILES string of the molecule is C[C@H](CN)NC(=O)OCc1ccccc1.Cl. The van der Waals surface area contributed by atoms with Crippen molar-refractivity contribution in [2.45, 2.75) is 19.6 Å². The van der Waals surface area contributed by atoms with E-state index in [2.05, 4.69) is 5.32 Å². The number of hydrogen-bond donors (Lipinski definition) is 2. The van der Waals surface area contributed by atoms with Crippen LogP contribution in [0, 0.1) is 0 Å². The molecule has 0 aromatic heterocycles. The fourth-order valence-corrected chi connectivity index (χ4v) is 1.02. The van der Waals surface area contributed by atoms with Crippen LogP contribution in [0.1, 0.15) is 12.5 Å². The van der Waals surface area contributed by atoms with E-state index in [1.807, 2.05) is 37.3 Å². The van der Waals surface area contributed by atoms with Crippen molar-refractivity contribution in [1.82, 2.24) is 5.32 Å². The lowest BCUT2D eigenvalue weighted by Crippen LogP contribution is -2.38. The van der Waals surface area contributed by atoms with E-state index in [-0.39, 0.29) is 25.1 Å². The van der Waals surface area contributed by atoms with Gasteiger partial charge in [-0.1, -0.05) is 30.3 Å². The topological polar surface area (TPSA) is 64.3 Å². The van der Waals surface area contributed by atoms with Crippen LogP contribution in [0.2, 0.25) is 0 Å². The van der Waals surface area contributed by atoms with Crippen molar-refractivity contribution < 1.29 is 9.53 Å². The maximum atomic E-state index is 11.2. The van der Waals surface area contributed by atoms with Gasteiger partial charge in [0.1, 0.15) is 6.61 Å². The first kappa shape index (κ1) is 14.7. The molecule has 90 valence electrons. The Morgan fingerprint density at radius 3 is 2.62 bits per heavy atom. The van der Waals surface area contributed by atoms with E-state index in [9.17, 15) is 4.79 Å². The standard InChI is InChI=1S/C11H16N2O2.ClH/c1-9(7-12)13-11(14)15-8-10-5-3-2-4-6-10;/h2-6,9H,7-8,12H2,1H3,(H,13,14);1H/t9-;/m1./s1. The number of carbonyl (C=O) groups excluding carboxylic acids is 1. The Labute approximate surface area is 102 Å². The fraction of sp³-hybridized carbons (Fsp3) is 0.364. The van der Waals surface area contributed by atoms with Crippen LogP contribution < -0.4 is 11.1 Å². The second-order valence-corrected chi connectivity index (χ2v) is 3.34. The van der Waals surface area contributed by atoms with E-state index in [1.54, 1.807) is 0 Å². The number of alkyl carbamates (subject to hydrolysis) is 1. The number of benzene rings is 1. The van der Waals surface area contributed by atoms with Gasteiger partial charge in [-0.15, -0.1) is 12.4 Å². The van der Waals surface area contributed by atoms with Gasteiger partial charge in [0.2, 0.25) is 0 Å². The second kappa shape index (κ2) is 7.96. The first-order valence-electron chi connectivity index (χ1n) is 4.89. The van der Waals surface area contributed by atoms with Crippen molar-refractivity contribution in [3.05, 3.63) is 35.9 Å². The molecule has 0 aliphatic rings. The van der Waals surface area contributed by atoms with E-state index in [0.717, 1.165) is 5.56 Å². The fourth-order valence-electron chi connectivity index (χ4n) is 1.02.